The van der Waals surface area contributed by atoms with E-state index in [-0.39, 0.29) is 6.29 Å². The van der Waals surface area contributed by atoms with Crippen LogP contribution in [0, 0.1) is 0 Å². The summed E-state index contributed by atoms with van der Waals surface area (Å²) in [4.78, 5) is 0. The van der Waals surface area contributed by atoms with Gasteiger partial charge in [-0.2, -0.15) is 0 Å². The number of methoxy groups -OCH3 is 2. The molecule has 1 aliphatic heterocycles. The molecule has 0 spiro atoms. The molecule has 1 rings (SSSR count). The Balaban J connectivity index is 1.87. The third-order valence-electron chi connectivity index (χ3n) is 2.65. The van der Waals surface area contributed by atoms with Crippen LogP contribution in [0.5, 0.6) is 0 Å². The van der Waals surface area contributed by atoms with Crippen molar-refractivity contribution in [3.05, 3.63) is 0 Å². The van der Waals surface area contributed by atoms with Crippen molar-refractivity contribution in [1.29, 1.82) is 0 Å². The van der Waals surface area contributed by atoms with E-state index in [2.05, 4.69) is 6.55 Å². The van der Waals surface area contributed by atoms with Gasteiger partial charge in [0.15, 0.2) is 15.3 Å². The van der Waals surface area contributed by atoms with Gasteiger partial charge >= 0.3 is 0 Å². The summed E-state index contributed by atoms with van der Waals surface area (Å²) in [5, 5.41) is 0. The van der Waals surface area contributed by atoms with Gasteiger partial charge in [-0.1, -0.05) is 0 Å². The normalized spacial score (nSPS) is 20.8. The number of epoxide rings is 1. The van der Waals surface area contributed by atoms with Gasteiger partial charge in [0.05, 0.1) is 19.8 Å². The Kier molecular flexibility index (Phi) is 7.99. The molecule has 0 amide bonds. The number of ether oxygens (including phenoxy) is 4. The van der Waals surface area contributed by atoms with Crippen LogP contribution in [0.2, 0.25) is 12.6 Å². The molecule has 5 nitrogen and oxygen atoms in total. The van der Waals surface area contributed by atoms with Crippen molar-refractivity contribution in [2.75, 3.05) is 40.6 Å². The van der Waals surface area contributed by atoms with Crippen LogP contribution in [0.3, 0.4) is 0 Å². The van der Waals surface area contributed by atoms with Crippen molar-refractivity contribution in [2.45, 2.75) is 31.4 Å². The number of hydrogen-bond acceptors (Lipinski definition) is 5. The molecule has 0 saturated carbocycles. The molecule has 1 aliphatic rings. The highest BCUT2D eigenvalue weighted by Crippen LogP contribution is 2.09. The second kappa shape index (κ2) is 9.01. The summed E-state index contributed by atoms with van der Waals surface area (Å²) in [7, 11) is 2.14. The Morgan fingerprint density at radius 2 is 2.06 bits per heavy atom. The lowest BCUT2D eigenvalue weighted by atomic mass is 10.5. The van der Waals surface area contributed by atoms with E-state index in [0.717, 1.165) is 32.3 Å². The summed E-state index contributed by atoms with van der Waals surface area (Å²) in [6.45, 7) is 5.12. The third kappa shape index (κ3) is 7.85. The van der Waals surface area contributed by atoms with Crippen LogP contribution in [0.1, 0.15) is 6.42 Å². The summed E-state index contributed by atoms with van der Waals surface area (Å²) in [5.74, 6) is 0. The summed E-state index contributed by atoms with van der Waals surface area (Å²) in [6.07, 6.45) is 1.18. The van der Waals surface area contributed by atoms with Crippen LogP contribution in [-0.2, 0) is 23.4 Å². The van der Waals surface area contributed by atoms with E-state index >= 15 is 0 Å². The first-order chi connectivity index (χ1) is 8.26. The van der Waals surface area contributed by atoms with E-state index in [4.69, 9.17) is 23.4 Å². The largest absolute Gasteiger partial charge is 0.415 e. The van der Waals surface area contributed by atoms with Crippen molar-refractivity contribution >= 4 is 9.04 Å². The predicted octanol–water partition coefficient (Wildman–Crippen LogP) is 0.781. The number of rotatable bonds is 11. The highest BCUT2D eigenvalue weighted by molar-refractivity contribution is 6.50. The molecule has 1 fully saturated rings. The fourth-order valence-electron chi connectivity index (χ4n) is 1.41. The predicted molar refractivity (Wildman–Crippen MR) is 66.8 cm³/mol. The Labute approximate surface area is 105 Å². The fourth-order valence-corrected chi connectivity index (χ4v) is 2.80. The maximum absolute atomic E-state index is 5.73. The summed E-state index contributed by atoms with van der Waals surface area (Å²) in [5.41, 5.74) is 0. The molecule has 17 heavy (non-hydrogen) atoms. The van der Waals surface area contributed by atoms with Gasteiger partial charge in [-0.05, 0) is 19.0 Å². The Morgan fingerprint density at radius 1 is 1.35 bits per heavy atom. The van der Waals surface area contributed by atoms with Gasteiger partial charge in [0, 0.05) is 20.8 Å². The second-order valence-electron chi connectivity index (χ2n) is 4.22. The molecular formula is C11H24O5Si. The van der Waals surface area contributed by atoms with Crippen LogP contribution >= 0.6 is 0 Å². The highest BCUT2D eigenvalue weighted by atomic mass is 28.3. The minimum absolute atomic E-state index is 0.242. The Bertz CT molecular complexity index is 185. The summed E-state index contributed by atoms with van der Waals surface area (Å²) >= 11 is 0. The van der Waals surface area contributed by atoms with Gasteiger partial charge in [-0.25, -0.2) is 0 Å². The second-order valence-corrected chi connectivity index (χ2v) is 6.75. The van der Waals surface area contributed by atoms with Crippen LogP contribution < -0.4 is 0 Å². The average Bonchev–Trinajstić information content (AvgIpc) is 3.14. The lowest BCUT2D eigenvalue weighted by Crippen LogP contribution is -2.25. The van der Waals surface area contributed by atoms with Crippen molar-refractivity contribution < 1.29 is 23.4 Å². The third-order valence-corrected chi connectivity index (χ3v) is 4.63. The molecule has 6 heteroatoms. The van der Waals surface area contributed by atoms with Gasteiger partial charge in [0.1, 0.15) is 6.10 Å². The topological polar surface area (TPSA) is 49.5 Å². The average molecular weight is 264 g/mol. The minimum Gasteiger partial charge on any atom is -0.415 e. The molecule has 0 radical (unpaired) electrons. The van der Waals surface area contributed by atoms with Crippen LogP contribution in [0.15, 0.2) is 0 Å². The van der Waals surface area contributed by atoms with Crippen molar-refractivity contribution in [3.8, 4) is 0 Å². The van der Waals surface area contributed by atoms with Crippen molar-refractivity contribution in [2.24, 2.45) is 0 Å². The van der Waals surface area contributed by atoms with E-state index in [1.165, 1.54) is 0 Å². The zero-order valence-corrected chi connectivity index (χ0v) is 12.2. The molecule has 0 bridgehead atoms. The molecule has 0 aromatic carbocycles. The van der Waals surface area contributed by atoms with Gasteiger partial charge in [0.2, 0.25) is 0 Å². The van der Waals surface area contributed by atoms with Crippen LogP contribution in [0.25, 0.3) is 0 Å². The van der Waals surface area contributed by atoms with E-state index in [1.54, 1.807) is 14.2 Å². The molecular weight excluding hydrogens is 240 g/mol. The van der Waals surface area contributed by atoms with E-state index in [9.17, 15) is 0 Å². The van der Waals surface area contributed by atoms with Crippen LogP contribution in [0.4, 0.5) is 0 Å². The van der Waals surface area contributed by atoms with E-state index in [1.807, 2.05) is 0 Å². The smallest absolute Gasteiger partial charge is 0.178 e. The molecule has 0 N–H and O–H groups in total. The van der Waals surface area contributed by atoms with Crippen molar-refractivity contribution in [1.82, 2.24) is 0 Å². The van der Waals surface area contributed by atoms with E-state index < -0.39 is 9.04 Å². The monoisotopic (exact) mass is 264 g/mol. The molecule has 1 unspecified atom stereocenters. The molecule has 0 aliphatic carbocycles. The molecule has 0 aromatic heterocycles. The van der Waals surface area contributed by atoms with Crippen LogP contribution in [-0.4, -0.2) is 62.1 Å². The molecule has 1 heterocycles. The molecule has 2 atom stereocenters. The first-order valence-electron chi connectivity index (χ1n) is 6.12. The molecule has 1 saturated heterocycles. The quantitative estimate of drug-likeness (QED) is 0.239. The Hall–Kier alpha value is 0.0169. The first kappa shape index (κ1) is 15.1. The maximum Gasteiger partial charge on any atom is 0.178 e. The lowest BCUT2D eigenvalue weighted by Gasteiger charge is -2.17. The van der Waals surface area contributed by atoms with Crippen molar-refractivity contribution in [3.63, 3.8) is 0 Å². The maximum atomic E-state index is 5.73. The molecule has 0 aromatic rings. The van der Waals surface area contributed by atoms with Gasteiger partial charge in [0.25, 0.3) is 0 Å². The highest BCUT2D eigenvalue weighted by Gasteiger charge is 2.22. The SMILES string of the molecule is COC(CO[Si@H](C)CCCOCC1CO1)OC. The van der Waals surface area contributed by atoms with Gasteiger partial charge in [-0.3, -0.25) is 0 Å². The van der Waals surface area contributed by atoms with Gasteiger partial charge < -0.3 is 23.4 Å². The van der Waals surface area contributed by atoms with E-state index in [0.29, 0.717) is 12.7 Å². The minimum atomic E-state index is -1.11. The number of hydrogen-bond donors (Lipinski definition) is 0. The Morgan fingerprint density at radius 3 is 2.65 bits per heavy atom. The summed E-state index contributed by atoms with van der Waals surface area (Å²) < 4.78 is 26.4. The summed E-state index contributed by atoms with van der Waals surface area (Å²) in [6, 6.07) is 1.12. The standard InChI is InChI=1S/C11H24O5Si/c1-12-11(13-2)9-16-17(3)6-4-5-14-7-10-8-15-10/h10-11,17H,4-9H2,1-3H3/t10?,17-/m1/s1. The molecule has 102 valence electrons. The van der Waals surface area contributed by atoms with Gasteiger partial charge in [-0.15, -0.1) is 0 Å². The zero-order chi connectivity index (χ0) is 12.5. The lowest BCUT2D eigenvalue weighted by molar-refractivity contribution is -0.122. The zero-order valence-electron chi connectivity index (χ0n) is 11.0. The fraction of sp³-hybridized carbons (Fsp3) is 1.00. The first-order valence-corrected chi connectivity index (χ1v) is 8.57.